The van der Waals surface area contributed by atoms with Crippen LogP contribution in [0.3, 0.4) is 0 Å². The van der Waals surface area contributed by atoms with Crippen molar-refractivity contribution in [2.75, 3.05) is 5.32 Å². The third-order valence-corrected chi connectivity index (χ3v) is 2.75. The van der Waals surface area contributed by atoms with E-state index < -0.39 is 29.6 Å². The number of amides is 2. The van der Waals surface area contributed by atoms with E-state index in [0.717, 1.165) is 6.08 Å². The molecule has 24 heavy (non-hydrogen) atoms. The molecule has 0 heterocycles. The molecule has 0 saturated carbocycles. The van der Waals surface area contributed by atoms with Gasteiger partial charge in [0.15, 0.2) is 0 Å². The lowest BCUT2D eigenvalue weighted by Gasteiger charge is -2.21. The summed E-state index contributed by atoms with van der Waals surface area (Å²) in [7, 11) is 0. The maximum atomic E-state index is 12.2. The number of ether oxygens (including phenoxy) is 1. The first-order valence-electron chi connectivity index (χ1n) is 7.39. The molecular formula is C17H22N2O5. The molecule has 0 bridgehead atoms. The van der Waals surface area contributed by atoms with Gasteiger partial charge in [-0.1, -0.05) is 18.2 Å². The first-order chi connectivity index (χ1) is 11.1. The summed E-state index contributed by atoms with van der Waals surface area (Å²) in [5.74, 6) is -1.53. The highest BCUT2D eigenvalue weighted by molar-refractivity contribution is 5.98. The SMILES string of the molecule is C[C@H](NC(=O)OC(C)(C)C)C(=O)Nc1ccccc1C=CC(=O)O. The highest BCUT2D eigenvalue weighted by Crippen LogP contribution is 2.17. The molecule has 1 atom stereocenters. The van der Waals surface area contributed by atoms with Gasteiger partial charge in [-0.3, -0.25) is 4.79 Å². The van der Waals surface area contributed by atoms with Crippen molar-refractivity contribution in [3.05, 3.63) is 35.9 Å². The van der Waals surface area contributed by atoms with Crippen molar-refractivity contribution >= 4 is 29.7 Å². The molecular weight excluding hydrogens is 312 g/mol. The van der Waals surface area contributed by atoms with Crippen LogP contribution in [0.25, 0.3) is 6.08 Å². The van der Waals surface area contributed by atoms with Gasteiger partial charge in [-0.2, -0.15) is 0 Å². The van der Waals surface area contributed by atoms with Crippen LogP contribution in [0.1, 0.15) is 33.3 Å². The minimum atomic E-state index is -1.09. The van der Waals surface area contributed by atoms with Crippen LogP contribution in [0.4, 0.5) is 10.5 Å². The minimum Gasteiger partial charge on any atom is -0.478 e. The zero-order valence-electron chi connectivity index (χ0n) is 14.1. The van der Waals surface area contributed by atoms with Crippen molar-refractivity contribution in [1.29, 1.82) is 0 Å². The van der Waals surface area contributed by atoms with E-state index in [1.807, 2.05) is 0 Å². The predicted molar refractivity (Wildman–Crippen MR) is 90.6 cm³/mol. The minimum absolute atomic E-state index is 0.442. The molecule has 2 amide bonds. The molecule has 0 unspecified atom stereocenters. The van der Waals surface area contributed by atoms with Crippen LogP contribution < -0.4 is 10.6 Å². The molecule has 1 aromatic carbocycles. The molecule has 1 aromatic rings. The molecule has 0 aliphatic heterocycles. The molecule has 0 aromatic heterocycles. The Morgan fingerprint density at radius 2 is 1.83 bits per heavy atom. The number of alkyl carbamates (subject to hydrolysis) is 1. The molecule has 0 fully saturated rings. The number of rotatable bonds is 5. The third-order valence-electron chi connectivity index (χ3n) is 2.75. The molecule has 0 aliphatic carbocycles. The maximum Gasteiger partial charge on any atom is 0.408 e. The largest absolute Gasteiger partial charge is 0.478 e. The average molecular weight is 334 g/mol. The zero-order valence-corrected chi connectivity index (χ0v) is 14.1. The Labute approximate surface area is 140 Å². The van der Waals surface area contributed by atoms with Crippen LogP contribution in [0.15, 0.2) is 30.3 Å². The van der Waals surface area contributed by atoms with Crippen LogP contribution in [-0.2, 0) is 14.3 Å². The molecule has 1 rings (SSSR count). The fourth-order valence-electron chi connectivity index (χ4n) is 1.71. The molecule has 7 nitrogen and oxygen atoms in total. The van der Waals surface area contributed by atoms with Gasteiger partial charge >= 0.3 is 12.1 Å². The van der Waals surface area contributed by atoms with Crippen LogP contribution >= 0.6 is 0 Å². The highest BCUT2D eigenvalue weighted by Gasteiger charge is 2.21. The summed E-state index contributed by atoms with van der Waals surface area (Å²) in [6.07, 6.45) is 1.67. The summed E-state index contributed by atoms with van der Waals surface area (Å²) in [6.45, 7) is 6.70. The number of anilines is 1. The molecule has 0 radical (unpaired) electrons. The quantitative estimate of drug-likeness (QED) is 0.718. The van der Waals surface area contributed by atoms with Crippen LogP contribution in [-0.4, -0.2) is 34.7 Å². The Morgan fingerprint density at radius 1 is 1.21 bits per heavy atom. The summed E-state index contributed by atoms with van der Waals surface area (Å²) in [6, 6.07) is 5.91. The van der Waals surface area contributed by atoms with E-state index in [-0.39, 0.29) is 0 Å². The van der Waals surface area contributed by atoms with Crippen LogP contribution in [0, 0.1) is 0 Å². The molecule has 3 N–H and O–H groups in total. The maximum absolute atomic E-state index is 12.2. The second-order valence-electron chi connectivity index (χ2n) is 6.12. The molecule has 0 aliphatic rings. The van der Waals surface area contributed by atoms with E-state index in [0.29, 0.717) is 11.3 Å². The fourth-order valence-corrected chi connectivity index (χ4v) is 1.71. The Kier molecular flexibility index (Phi) is 6.52. The standard InChI is InChI=1S/C17H22N2O5/c1-11(18-16(23)24-17(2,3)4)15(22)19-13-8-6-5-7-12(13)9-10-14(20)21/h5-11H,1-4H3,(H,18,23)(H,19,22)(H,20,21)/t11-/m0/s1. The lowest BCUT2D eigenvalue weighted by atomic mass is 10.1. The summed E-state index contributed by atoms with van der Waals surface area (Å²) in [5, 5.41) is 13.8. The number of hydrogen-bond acceptors (Lipinski definition) is 4. The van der Waals surface area contributed by atoms with Gasteiger partial charge in [0.25, 0.3) is 0 Å². The van der Waals surface area contributed by atoms with E-state index in [2.05, 4.69) is 10.6 Å². The van der Waals surface area contributed by atoms with Gasteiger partial charge in [0.05, 0.1) is 0 Å². The van der Waals surface area contributed by atoms with Gasteiger partial charge in [-0.25, -0.2) is 9.59 Å². The summed E-state index contributed by atoms with van der Waals surface area (Å²) < 4.78 is 5.09. The first kappa shape index (κ1) is 19.2. The highest BCUT2D eigenvalue weighted by atomic mass is 16.6. The first-order valence-corrected chi connectivity index (χ1v) is 7.39. The van der Waals surface area contributed by atoms with Crippen molar-refractivity contribution in [3.63, 3.8) is 0 Å². The molecule has 0 saturated heterocycles. The monoisotopic (exact) mass is 334 g/mol. The number of aliphatic carboxylic acids is 1. The number of carbonyl (C=O) groups is 3. The van der Waals surface area contributed by atoms with Crippen molar-refractivity contribution < 1.29 is 24.2 Å². The fraction of sp³-hybridized carbons (Fsp3) is 0.353. The molecule has 130 valence electrons. The van der Waals surface area contributed by atoms with Crippen LogP contribution in [0.2, 0.25) is 0 Å². The number of hydrogen-bond donors (Lipinski definition) is 3. The predicted octanol–water partition coefficient (Wildman–Crippen LogP) is 2.64. The summed E-state index contributed by atoms with van der Waals surface area (Å²) in [4.78, 5) is 34.5. The Balaban J connectivity index is 2.74. The Morgan fingerprint density at radius 3 is 2.42 bits per heavy atom. The van der Waals surface area contributed by atoms with E-state index in [1.165, 1.54) is 13.0 Å². The average Bonchev–Trinajstić information content (AvgIpc) is 2.44. The number of carboxylic acids is 1. The summed E-state index contributed by atoms with van der Waals surface area (Å²) in [5.41, 5.74) is 0.324. The zero-order chi connectivity index (χ0) is 18.3. The van der Waals surface area contributed by atoms with Gasteiger partial charge in [0, 0.05) is 11.8 Å². The Hall–Kier alpha value is -2.83. The van der Waals surface area contributed by atoms with Crippen LogP contribution in [0.5, 0.6) is 0 Å². The van der Waals surface area contributed by atoms with E-state index in [1.54, 1.807) is 45.0 Å². The van der Waals surface area contributed by atoms with Crippen molar-refractivity contribution in [1.82, 2.24) is 5.32 Å². The number of nitrogens with one attached hydrogen (secondary N) is 2. The lowest BCUT2D eigenvalue weighted by Crippen LogP contribution is -2.44. The van der Waals surface area contributed by atoms with Crippen molar-refractivity contribution in [2.45, 2.75) is 39.3 Å². The number of carbonyl (C=O) groups excluding carboxylic acids is 2. The van der Waals surface area contributed by atoms with E-state index >= 15 is 0 Å². The lowest BCUT2D eigenvalue weighted by molar-refractivity contribution is -0.131. The summed E-state index contributed by atoms with van der Waals surface area (Å²) >= 11 is 0. The van der Waals surface area contributed by atoms with Gasteiger partial charge in [-0.05, 0) is 45.4 Å². The molecule has 0 spiro atoms. The van der Waals surface area contributed by atoms with Crippen molar-refractivity contribution in [2.24, 2.45) is 0 Å². The number of benzene rings is 1. The normalized spacial score (nSPS) is 12.5. The second-order valence-corrected chi connectivity index (χ2v) is 6.12. The number of para-hydroxylation sites is 1. The topological polar surface area (TPSA) is 105 Å². The van der Waals surface area contributed by atoms with Crippen molar-refractivity contribution in [3.8, 4) is 0 Å². The van der Waals surface area contributed by atoms with Gasteiger partial charge < -0.3 is 20.5 Å². The third kappa shape index (κ3) is 6.95. The Bertz CT molecular complexity index is 647. The smallest absolute Gasteiger partial charge is 0.408 e. The second kappa shape index (κ2) is 8.14. The number of carboxylic acid groups (broad SMARTS) is 1. The van der Waals surface area contributed by atoms with Gasteiger partial charge in [-0.15, -0.1) is 0 Å². The molecule has 7 heteroatoms. The van der Waals surface area contributed by atoms with E-state index in [9.17, 15) is 14.4 Å². The van der Waals surface area contributed by atoms with Gasteiger partial charge in [0.2, 0.25) is 5.91 Å². The van der Waals surface area contributed by atoms with Gasteiger partial charge in [0.1, 0.15) is 11.6 Å². The van der Waals surface area contributed by atoms with E-state index in [4.69, 9.17) is 9.84 Å².